The highest BCUT2D eigenvalue weighted by atomic mass is 35.5. The Balaban J connectivity index is 1.91. The van der Waals surface area contributed by atoms with Gasteiger partial charge in [0.2, 0.25) is 10.0 Å². The number of alkyl halides is 3. The number of carbonyl (C=O) groups excluding carboxylic acids is 1. The monoisotopic (exact) mass is 445 g/mol. The summed E-state index contributed by atoms with van der Waals surface area (Å²) in [7, 11) is -4.60. The van der Waals surface area contributed by atoms with E-state index in [4.69, 9.17) is 11.6 Å². The summed E-state index contributed by atoms with van der Waals surface area (Å²) in [4.78, 5) is 13.7. The van der Waals surface area contributed by atoms with Gasteiger partial charge in [-0.05, 0) is 36.2 Å². The number of aliphatic carboxylic acids is 1. The molecule has 0 aliphatic rings. The zero-order valence-corrected chi connectivity index (χ0v) is 16.0. The minimum absolute atomic E-state index is 0.273. The smallest absolute Gasteiger partial charge is 0.417 e. The van der Waals surface area contributed by atoms with Crippen LogP contribution in [-0.2, 0) is 27.4 Å². The van der Waals surface area contributed by atoms with Crippen molar-refractivity contribution in [1.29, 1.82) is 0 Å². The molecule has 0 spiro atoms. The Kier molecular flexibility index (Phi) is 5.61. The number of benzene rings is 2. The molecule has 0 fully saturated rings. The highest BCUT2D eigenvalue weighted by Crippen LogP contribution is 2.36. The number of hydrogen-bond donors (Lipinski definition) is 2. The molecule has 0 aliphatic heterocycles. The molecule has 29 heavy (non-hydrogen) atoms. The van der Waals surface area contributed by atoms with Crippen LogP contribution in [0.2, 0.25) is 5.02 Å². The van der Waals surface area contributed by atoms with E-state index in [1.165, 1.54) is 6.20 Å². The summed E-state index contributed by atoms with van der Waals surface area (Å²) in [6.45, 7) is 0. The highest BCUT2D eigenvalue weighted by Gasteiger charge is 2.35. The zero-order chi connectivity index (χ0) is 21.4. The van der Waals surface area contributed by atoms with Crippen LogP contribution in [0, 0.1) is 0 Å². The van der Waals surface area contributed by atoms with Gasteiger partial charge in [-0.2, -0.15) is 13.2 Å². The van der Waals surface area contributed by atoms with Gasteiger partial charge < -0.3 is 14.9 Å². The van der Waals surface area contributed by atoms with Crippen molar-refractivity contribution >= 4 is 38.5 Å². The molecular weight excluding hydrogens is 433 g/mol. The summed E-state index contributed by atoms with van der Waals surface area (Å²) in [5.74, 6) is -1.72. The van der Waals surface area contributed by atoms with Gasteiger partial charge >= 0.3 is 6.18 Å². The molecular formula is C18H13ClF3N2O4S-. The summed E-state index contributed by atoms with van der Waals surface area (Å²) in [5.41, 5.74) is -0.122. The first-order valence-corrected chi connectivity index (χ1v) is 10.00. The standard InChI is InChI=1S/C18H14ClF3N2O4S/c19-14-6-5-11(8-13(14)18(20,21)22)29(27,28)24-16(17(25)26)7-10-9-23-15-4-2-1-3-12(10)15/h1-6,8-9,16,23-24H,7H2,(H,25,26)/p-1/t16-/m0/s1. The SMILES string of the molecule is O=C([O-])[C@H](Cc1c[nH]c2ccccc12)NS(=O)(=O)c1ccc(Cl)c(C(F)(F)F)c1. The molecule has 1 aromatic heterocycles. The van der Waals surface area contributed by atoms with E-state index in [9.17, 15) is 31.5 Å². The number of carboxylic acids is 1. The van der Waals surface area contributed by atoms with Crippen LogP contribution >= 0.6 is 11.6 Å². The largest absolute Gasteiger partial charge is 0.548 e. The fraction of sp³-hybridized carbons (Fsp3) is 0.167. The maximum atomic E-state index is 13.0. The molecule has 0 unspecified atom stereocenters. The Morgan fingerprint density at radius 2 is 1.90 bits per heavy atom. The number of hydrogen-bond acceptors (Lipinski definition) is 4. The number of H-pyrrole nitrogens is 1. The first kappa shape index (κ1) is 21.2. The molecule has 6 nitrogen and oxygen atoms in total. The molecule has 11 heteroatoms. The second kappa shape index (κ2) is 7.69. The molecule has 3 rings (SSSR count). The number of sulfonamides is 1. The number of fused-ring (bicyclic) bond motifs is 1. The number of halogens is 4. The van der Waals surface area contributed by atoms with Crippen molar-refractivity contribution in [3.63, 3.8) is 0 Å². The molecule has 0 saturated carbocycles. The number of rotatable bonds is 6. The van der Waals surface area contributed by atoms with E-state index in [1.54, 1.807) is 24.3 Å². The lowest BCUT2D eigenvalue weighted by molar-refractivity contribution is -0.307. The highest BCUT2D eigenvalue weighted by molar-refractivity contribution is 7.89. The average Bonchev–Trinajstić information content (AvgIpc) is 3.03. The van der Waals surface area contributed by atoms with Crippen LogP contribution in [0.5, 0.6) is 0 Å². The van der Waals surface area contributed by atoms with Crippen molar-refractivity contribution in [2.45, 2.75) is 23.5 Å². The fourth-order valence-electron chi connectivity index (χ4n) is 2.84. The van der Waals surface area contributed by atoms with E-state index in [2.05, 4.69) is 4.98 Å². The predicted molar refractivity (Wildman–Crippen MR) is 97.6 cm³/mol. The Labute approximate surface area is 168 Å². The molecule has 0 bridgehead atoms. The molecule has 1 atom stereocenters. The van der Waals surface area contributed by atoms with Crippen LogP contribution in [0.25, 0.3) is 10.9 Å². The third-order valence-electron chi connectivity index (χ3n) is 4.23. The van der Waals surface area contributed by atoms with Gasteiger partial charge in [0.15, 0.2) is 0 Å². The molecule has 1 heterocycles. The van der Waals surface area contributed by atoms with Gasteiger partial charge in [-0.25, -0.2) is 13.1 Å². The van der Waals surface area contributed by atoms with E-state index in [0.29, 0.717) is 17.0 Å². The van der Waals surface area contributed by atoms with Gasteiger partial charge in [-0.15, -0.1) is 0 Å². The van der Waals surface area contributed by atoms with E-state index in [1.807, 2.05) is 4.72 Å². The van der Waals surface area contributed by atoms with Crippen molar-refractivity contribution < 1.29 is 31.5 Å². The summed E-state index contributed by atoms with van der Waals surface area (Å²) in [5, 5.41) is 11.5. The average molecular weight is 446 g/mol. The fourth-order valence-corrected chi connectivity index (χ4v) is 4.27. The van der Waals surface area contributed by atoms with Crippen LogP contribution in [0.15, 0.2) is 53.6 Å². The molecule has 0 saturated heterocycles. The Morgan fingerprint density at radius 3 is 2.55 bits per heavy atom. The summed E-state index contributed by atoms with van der Waals surface area (Å²) in [6, 6.07) is 7.25. The first-order chi connectivity index (χ1) is 13.5. The van der Waals surface area contributed by atoms with Gasteiger partial charge in [-0.3, -0.25) is 0 Å². The van der Waals surface area contributed by atoms with E-state index < -0.39 is 43.7 Å². The van der Waals surface area contributed by atoms with Gasteiger partial charge in [-0.1, -0.05) is 29.8 Å². The molecule has 3 aromatic rings. The van der Waals surface area contributed by atoms with Crippen LogP contribution < -0.4 is 9.83 Å². The molecule has 0 aliphatic carbocycles. The second-order valence-corrected chi connectivity index (χ2v) is 8.32. The maximum absolute atomic E-state index is 13.0. The lowest BCUT2D eigenvalue weighted by Gasteiger charge is -2.20. The van der Waals surface area contributed by atoms with Crippen LogP contribution in [0.3, 0.4) is 0 Å². The Hall–Kier alpha value is -2.56. The summed E-state index contributed by atoms with van der Waals surface area (Å²) < 4.78 is 65.9. The van der Waals surface area contributed by atoms with E-state index in [-0.39, 0.29) is 6.42 Å². The van der Waals surface area contributed by atoms with Gasteiger partial charge in [0, 0.05) is 17.1 Å². The topological polar surface area (TPSA) is 102 Å². The third kappa shape index (κ3) is 4.55. The van der Waals surface area contributed by atoms with E-state index >= 15 is 0 Å². The minimum Gasteiger partial charge on any atom is -0.548 e. The van der Waals surface area contributed by atoms with E-state index in [0.717, 1.165) is 17.6 Å². The molecule has 2 N–H and O–H groups in total. The van der Waals surface area contributed by atoms with Gasteiger partial charge in [0.1, 0.15) is 0 Å². The van der Waals surface area contributed by atoms with Gasteiger partial charge in [0.25, 0.3) is 0 Å². The number of para-hydroxylation sites is 1. The lowest BCUT2D eigenvalue weighted by atomic mass is 10.1. The summed E-state index contributed by atoms with van der Waals surface area (Å²) >= 11 is 5.49. The Bertz CT molecular complexity index is 1180. The maximum Gasteiger partial charge on any atom is 0.417 e. The van der Waals surface area contributed by atoms with Crippen LogP contribution in [0.4, 0.5) is 13.2 Å². The molecule has 2 aromatic carbocycles. The number of aromatic amines is 1. The van der Waals surface area contributed by atoms with Crippen LogP contribution in [-0.4, -0.2) is 25.4 Å². The van der Waals surface area contributed by atoms with Crippen molar-refractivity contribution in [1.82, 2.24) is 9.71 Å². The third-order valence-corrected chi connectivity index (χ3v) is 6.03. The van der Waals surface area contributed by atoms with Crippen LogP contribution in [0.1, 0.15) is 11.1 Å². The van der Waals surface area contributed by atoms with Crippen molar-refractivity contribution in [3.8, 4) is 0 Å². The van der Waals surface area contributed by atoms with Crippen molar-refractivity contribution in [3.05, 3.63) is 64.8 Å². The lowest BCUT2D eigenvalue weighted by Crippen LogP contribution is -2.49. The second-order valence-electron chi connectivity index (χ2n) is 6.20. The number of aromatic nitrogens is 1. The molecule has 0 radical (unpaired) electrons. The first-order valence-electron chi connectivity index (χ1n) is 8.14. The number of carbonyl (C=O) groups is 1. The van der Waals surface area contributed by atoms with Crippen molar-refractivity contribution in [2.24, 2.45) is 0 Å². The quantitative estimate of drug-likeness (QED) is 0.608. The number of carboxylic acid groups (broad SMARTS) is 1. The predicted octanol–water partition coefficient (Wildman–Crippen LogP) is 2.48. The van der Waals surface area contributed by atoms with Crippen molar-refractivity contribution in [2.75, 3.05) is 0 Å². The minimum atomic E-state index is -4.87. The normalized spacial score (nSPS) is 13.5. The number of nitrogens with one attached hydrogen (secondary N) is 2. The molecule has 154 valence electrons. The zero-order valence-electron chi connectivity index (χ0n) is 14.5. The van der Waals surface area contributed by atoms with Gasteiger partial charge in [0.05, 0.1) is 27.5 Å². The summed E-state index contributed by atoms with van der Waals surface area (Å²) in [6.07, 6.45) is -3.62. The Morgan fingerprint density at radius 1 is 1.21 bits per heavy atom. The molecule has 0 amide bonds.